The number of fused-ring (bicyclic) bond motifs is 1. The minimum absolute atomic E-state index is 0.0973. The molecule has 0 spiro atoms. The molecule has 1 amide bonds. The fourth-order valence-corrected chi connectivity index (χ4v) is 3.07. The molecule has 1 fully saturated rings. The number of rotatable bonds is 2. The molecule has 0 radical (unpaired) electrons. The number of benzene rings is 2. The Morgan fingerprint density at radius 1 is 1.15 bits per heavy atom. The highest BCUT2D eigenvalue weighted by molar-refractivity contribution is 6.07. The first-order valence-corrected chi connectivity index (χ1v) is 7.15. The molecule has 2 nitrogen and oxygen atoms in total. The summed E-state index contributed by atoms with van der Waals surface area (Å²) in [7, 11) is 0. The van der Waals surface area contributed by atoms with Crippen molar-refractivity contribution < 1.29 is 9.18 Å². The molecule has 2 unspecified atom stereocenters. The lowest BCUT2D eigenvalue weighted by Crippen LogP contribution is -2.36. The van der Waals surface area contributed by atoms with Gasteiger partial charge in [0, 0.05) is 17.0 Å². The van der Waals surface area contributed by atoms with Gasteiger partial charge in [0.15, 0.2) is 0 Å². The highest BCUT2D eigenvalue weighted by Gasteiger charge is 2.25. The topological polar surface area (TPSA) is 29.1 Å². The van der Waals surface area contributed by atoms with Crippen molar-refractivity contribution in [3.05, 3.63) is 47.8 Å². The summed E-state index contributed by atoms with van der Waals surface area (Å²) in [5.41, 5.74) is 0.557. The third kappa shape index (κ3) is 2.28. The van der Waals surface area contributed by atoms with Crippen molar-refractivity contribution in [3.63, 3.8) is 0 Å². The summed E-state index contributed by atoms with van der Waals surface area (Å²) in [5.74, 6) is 0.136. The first kappa shape index (κ1) is 13.1. The average molecular weight is 271 g/mol. The predicted octanol–water partition coefficient (Wildman–Crippen LogP) is 3.90. The molecule has 1 aliphatic rings. The van der Waals surface area contributed by atoms with E-state index in [1.54, 1.807) is 24.3 Å². The van der Waals surface area contributed by atoms with Crippen molar-refractivity contribution in [1.82, 2.24) is 5.32 Å². The van der Waals surface area contributed by atoms with Gasteiger partial charge in [0.25, 0.3) is 5.91 Å². The summed E-state index contributed by atoms with van der Waals surface area (Å²) in [6, 6.07) is 10.3. The molecule has 3 heteroatoms. The van der Waals surface area contributed by atoms with Gasteiger partial charge in [0.1, 0.15) is 5.82 Å². The van der Waals surface area contributed by atoms with Gasteiger partial charge in [-0.3, -0.25) is 4.79 Å². The summed E-state index contributed by atoms with van der Waals surface area (Å²) in [4.78, 5) is 12.4. The third-order valence-electron chi connectivity index (χ3n) is 4.29. The number of halogens is 1. The number of carbonyl (C=O) groups excluding carboxylic acids is 1. The molecular weight excluding hydrogens is 253 g/mol. The van der Waals surface area contributed by atoms with E-state index >= 15 is 0 Å². The zero-order valence-electron chi connectivity index (χ0n) is 11.5. The lowest BCUT2D eigenvalue weighted by molar-refractivity contribution is 0.0931. The first-order chi connectivity index (χ1) is 9.66. The normalized spacial score (nSPS) is 22.1. The van der Waals surface area contributed by atoms with Gasteiger partial charge in [-0.1, -0.05) is 37.6 Å². The van der Waals surface area contributed by atoms with Gasteiger partial charge in [0.05, 0.1) is 0 Å². The molecule has 1 aliphatic carbocycles. The Balaban J connectivity index is 1.94. The highest BCUT2D eigenvalue weighted by Crippen LogP contribution is 2.26. The van der Waals surface area contributed by atoms with E-state index in [0.717, 1.165) is 19.3 Å². The lowest BCUT2D eigenvalue weighted by Gasteiger charge is -2.18. The van der Waals surface area contributed by atoms with Crippen LogP contribution >= 0.6 is 0 Å². The average Bonchev–Trinajstić information content (AvgIpc) is 2.85. The molecule has 2 aromatic rings. The Kier molecular flexibility index (Phi) is 3.43. The highest BCUT2D eigenvalue weighted by atomic mass is 19.1. The molecule has 2 atom stereocenters. The standard InChI is InChI=1S/C17H18FNO/c1-11-5-4-8-16(11)19-17(20)14-9-10-15(18)13-7-3-2-6-12(13)14/h2-3,6-7,9-11,16H,4-5,8H2,1H3,(H,19,20). The van der Waals surface area contributed by atoms with Gasteiger partial charge in [0.2, 0.25) is 0 Å². The van der Waals surface area contributed by atoms with E-state index in [2.05, 4.69) is 12.2 Å². The summed E-state index contributed by atoms with van der Waals surface area (Å²) in [6.07, 6.45) is 3.36. The molecule has 1 N–H and O–H groups in total. The fourth-order valence-electron chi connectivity index (χ4n) is 3.07. The smallest absolute Gasteiger partial charge is 0.252 e. The van der Waals surface area contributed by atoms with Gasteiger partial charge in [-0.05, 0) is 36.3 Å². The second-order valence-corrected chi connectivity index (χ2v) is 5.63. The Morgan fingerprint density at radius 2 is 1.90 bits per heavy atom. The quantitative estimate of drug-likeness (QED) is 0.882. The van der Waals surface area contributed by atoms with Crippen LogP contribution in [-0.4, -0.2) is 11.9 Å². The monoisotopic (exact) mass is 271 g/mol. The van der Waals surface area contributed by atoms with Crippen molar-refractivity contribution in [2.24, 2.45) is 5.92 Å². The second kappa shape index (κ2) is 5.23. The van der Waals surface area contributed by atoms with Crippen LogP contribution in [0.15, 0.2) is 36.4 Å². The van der Waals surface area contributed by atoms with Crippen LogP contribution in [0.5, 0.6) is 0 Å². The van der Waals surface area contributed by atoms with E-state index in [9.17, 15) is 9.18 Å². The van der Waals surface area contributed by atoms with Crippen LogP contribution in [0, 0.1) is 11.7 Å². The van der Waals surface area contributed by atoms with Crippen molar-refractivity contribution >= 4 is 16.7 Å². The summed E-state index contributed by atoms with van der Waals surface area (Å²) < 4.78 is 13.8. The van der Waals surface area contributed by atoms with E-state index in [-0.39, 0.29) is 17.8 Å². The van der Waals surface area contributed by atoms with E-state index in [1.165, 1.54) is 6.07 Å². The van der Waals surface area contributed by atoms with Crippen LogP contribution in [0.1, 0.15) is 36.5 Å². The lowest BCUT2D eigenvalue weighted by atomic mass is 10.0. The third-order valence-corrected chi connectivity index (χ3v) is 4.29. The minimum Gasteiger partial charge on any atom is -0.349 e. The van der Waals surface area contributed by atoms with Crippen LogP contribution in [0.25, 0.3) is 10.8 Å². The van der Waals surface area contributed by atoms with Crippen molar-refractivity contribution in [2.45, 2.75) is 32.2 Å². The van der Waals surface area contributed by atoms with E-state index in [4.69, 9.17) is 0 Å². The Bertz CT molecular complexity index is 652. The van der Waals surface area contributed by atoms with Crippen molar-refractivity contribution in [1.29, 1.82) is 0 Å². The van der Waals surface area contributed by atoms with Crippen LogP contribution in [-0.2, 0) is 0 Å². The summed E-state index contributed by atoms with van der Waals surface area (Å²) in [5, 5.41) is 4.27. The van der Waals surface area contributed by atoms with E-state index in [1.807, 2.05) is 6.07 Å². The van der Waals surface area contributed by atoms with Crippen molar-refractivity contribution in [3.8, 4) is 0 Å². The number of hydrogen-bond donors (Lipinski definition) is 1. The molecule has 0 aliphatic heterocycles. The molecule has 1 saturated carbocycles. The van der Waals surface area contributed by atoms with Gasteiger partial charge in [-0.25, -0.2) is 4.39 Å². The van der Waals surface area contributed by atoms with Crippen LogP contribution in [0.3, 0.4) is 0 Å². The Morgan fingerprint density at radius 3 is 2.60 bits per heavy atom. The molecule has 2 aromatic carbocycles. The van der Waals surface area contributed by atoms with Gasteiger partial charge in [-0.2, -0.15) is 0 Å². The van der Waals surface area contributed by atoms with Gasteiger partial charge >= 0.3 is 0 Å². The molecule has 20 heavy (non-hydrogen) atoms. The summed E-state index contributed by atoms with van der Waals surface area (Å²) >= 11 is 0. The molecule has 3 rings (SSSR count). The van der Waals surface area contributed by atoms with Gasteiger partial charge in [-0.15, -0.1) is 0 Å². The summed E-state index contributed by atoms with van der Waals surface area (Å²) in [6.45, 7) is 2.17. The van der Waals surface area contributed by atoms with E-state index < -0.39 is 0 Å². The molecular formula is C17H18FNO. The number of carbonyl (C=O) groups is 1. The predicted molar refractivity (Wildman–Crippen MR) is 78.2 cm³/mol. The molecule has 0 saturated heterocycles. The minimum atomic E-state index is -0.286. The number of nitrogens with one attached hydrogen (secondary N) is 1. The maximum Gasteiger partial charge on any atom is 0.252 e. The largest absolute Gasteiger partial charge is 0.349 e. The van der Waals surface area contributed by atoms with Crippen LogP contribution in [0.2, 0.25) is 0 Å². The Labute approximate surface area is 118 Å². The van der Waals surface area contributed by atoms with Crippen LogP contribution < -0.4 is 5.32 Å². The molecule has 0 aromatic heterocycles. The fraction of sp³-hybridized carbons (Fsp3) is 0.353. The Hall–Kier alpha value is -1.90. The SMILES string of the molecule is CC1CCCC1NC(=O)c1ccc(F)c2ccccc12. The maximum absolute atomic E-state index is 13.8. The number of amides is 1. The number of hydrogen-bond acceptors (Lipinski definition) is 1. The molecule has 104 valence electrons. The zero-order chi connectivity index (χ0) is 14.1. The van der Waals surface area contributed by atoms with Crippen LogP contribution in [0.4, 0.5) is 4.39 Å². The maximum atomic E-state index is 13.8. The second-order valence-electron chi connectivity index (χ2n) is 5.63. The molecule has 0 heterocycles. The van der Waals surface area contributed by atoms with E-state index in [0.29, 0.717) is 22.3 Å². The zero-order valence-corrected chi connectivity index (χ0v) is 11.5. The molecule has 0 bridgehead atoms. The van der Waals surface area contributed by atoms with Crippen molar-refractivity contribution in [2.75, 3.05) is 0 Å². The van der Waals surface area contributed by atoms with Gasteiger partial charge < -0.3 is 5.32 Å². The first-order valence-electron chi connectivity index (χ1n) is 7.15.